The molecule has 1 unspecified atom stereocenters. The minimum absolute atomic E-state index is 0.0757. The standard InChI is InChI=1S/C58H102O6/c1-4-7-10-13-16-18-20-22-23-24-25-26-27-28-29-30-31-32-33-34-35-37-38-40-42-45-48-51-57(60)63-54-55(53-62-56(59)50-47-44-15-12-9-6-3)64-58(61)52-49-46-43-41-39-36-21-19-17-14-11-8-5-2/h7,10,16,18-19,21-23,25-26,55H,4-6,8-9,11-15,17,20,24,27-54H2,1-3H3/b10-7-,18-16-,21-19-,23-22-,26-25-. The van der Waals surface area contributed by atoms with Gasteiger partial charge in [0.25, 0.3) is 0 Å². The maximum absolute atomic E-state index is 12.7. The minimum atomic E-state index is -0.772. The van der Waals surface area contributed by atoms with E-state index in [2.05, 4.69) is 81.5 Å². The third-order valence-electron chi connectivity index (χ3n) is 11.8. The Morgan fingerprint density at radius 1 is 0.328 bits per heavy atom. The van der Waals surface area contributed by atoms with Gasteiger partial charge in [-0.2, -0.15) is 0 Å². The molecule has 0 aromatic heterocycles. The minimum Gasteiger partial charge on any atom is -0.462 e. The SMILES string of the molecule is CC/C=C\C/C=C\C/C=C\C/C=C\CCCCCCCCCCCCCCCCC(=O)OCC(COC(=O)CCCCCCCC)OC(=O)CCCCCCC/C=C\CCCCCC. The van der Waals surface area contributed by atoms with Crippen LogP contribution in [0.4, 0.5) is 0 Å². The molecular weight excluding hydrogens is 793 g/mol. The van der Waals surface area contributed by atoms with E-state index in [9.17, 15) is 14.4 Å². The number of rotatable bonds is 49. The van der Waals surface area contributed by atoms with Crippen molar-refractivity contribution in [3.05, 3.63) is 60.8 Å². The molecule has 1 atom stereocenters. The number of carbonyl (C=O) groups excluding carboxylic acids is 3. The molecule has 0 aliphatic heterocycles. The molecule has 0 aliphatic carbocycles. The third kappa shape index (κ3) is 50.1. The molecule has 0 aromatic rings. The summed E-state index contributed by atoms with van der Waals surface area (Å²) in [4.78, 5) is 37.7. The Morgan fingerprint density at radius 3 is 0.984 bits per heavy atom. The Hall–Kier alpha value is -2.89. The maximum Gasteiger partial charge on any atom is 0.306 e. The van der Waals surface area contributed by atoms with Crippen molar-refractivity contribution in [2.75, 3.05) is 13.2 Å². The van der Waals surface area contributed by atoms with Gasteiger partial charge < -0.3 is 14.2 Å². The topological polar surface area (TPSA) is 78.9 Å². The van der Waals surface area contributed by atoms with Crippen LogP contribution < -0.4 is 0 Å². The average Bonchev–Trinajstić information content (AvgIpc) is 3.29. The van der Waals surface area contributed by atoms with E-state index in [-0.39, 0.29) is 31.1 Å². The molecule has 0 spiro atoms. The predicted octanol–water partition coefficient (Wildman–Crippen LogP) is 18.0. The smallest absolute Gasteiger partial charge is 0.306 e. The summed E-state index contributed by atoms with van der Waals surface area (Å²) in [5.74, 6) is -0.889. The van der Waals surface area contributed by atoms with Gasteiger partial charge in [-0.25, -0.2) is 0 Å². The second-order valence-electron chi connectivity index (χ2n) is 18.1. The Bertz CT molecular complexity index is 1170. The summed E-state index contributed by atoms with van der Waals surface area (Å²) >= 11 is 0. The van der Waals surface area contributed by atoms with Crippen LogP contribution in [0, 0.1) is 0 Å². The Balaban J connectivity index is 4.06. The van der Waals surface area contributed by atoms with E-state index in [4.69, 9.17) is 14.2 Å². The Morgan fingerprint density at radius 2 is 0.609 bits per heavy atom. The number of unbranched alkanes of at least 4 members (excludes halogenated alkanes) is 28. The lowest BCUT2D eigenvalue weighted by Gasteiger charge is -2.18. The fourth-order valence-electron chi connectivity index (χ4n) is 7.66. The van der Waals surface area contributed by atoms with Crippen molar-refractivity contribution in [1.82, 2.24) is 0 Å². The molecule has 0 heterocycles. The van der Waals surface area contributed by atoms with Gasteiger partial charge in [-0.15, -0.1) is 0 Å². The number of carbonyl (C=O) groups is 3. The van der Waals surface area contributed by atoms with Crippen LogP contribution in [0.25, 0.3) is 0 Å². The normalized spacial score (nSPS) is 12.5. The van der Waals surface area contributed by atoms with Crippen molar-refractivity contribution in [3.63, 3.8) is 0 Å². The lowest BCUT2D eigenvalue weighted by Crippen LogP contribution is -2.30. The van der Waals surface area contributed by atoms with Crippen LogP contribution in [-0.2, 0) is 28.6 Å². The van der Waals surface area contributed by atoms with Gasteiger partial charge in [-0.1, -0.05) is 229 Å². The molecule has 0 fully saturated rings. The zero-order chi connectivity index (χ0) is 46.5. The van der Waals surface area contributed by atoms with E-state index >= 15 is 0 Å². The first kappa shape index (κ1) is 61.1. The Kier molecular flexibility index (Phi) is 50.4. The van der Waals surface area contributed by atoms with E-state index in [0.717, 1.165) is 96.3 Å². The van der Waals surface area contributed by atoms with Crippen LogP contribution in [0.15, 0.2) is 60.8 Å². The van der Waals surface area contributed by atoms with Gasteiger partial charge in [-0.05, 0) is 83.5 Å². The van der Waals surface area contributed by atoms with Crippen LogP contribution >= 0.6 is 0 Å². The largest absolute Gasteiger partial charge is 0.462 e. The lowest BCUT2D eigenvalue weighted by molar-refractivity contribution is -0.167. The zero-order valence-corrected chi connectivity index (χ0v) is 42.3. The maximum atomic E-state index is 12.7. The van der Waals surface area contributed by atoms with E-state index < -0.39 is 6.10 Å². The highest BCUT2D eigenvalue weighted by atomic mass is 16.6. The Labute approximate surface area is 396 Å². The molecule has 0 aromatic carbocycles. The molecule has 0 bridgehead atoms. The van der Waals surface area contributed by atoms with Gasteiger partial charge in [0.1, 0.15) is 13.2 Å². The molecule has 0 aliphatic rings. The molecule has 0 amide bonds. The highest BCUT2D eigenvalue weighted by molar-refractivity contribution is 5.71. The first-order valence-corrected chi connectivity index (χ1v) is 27.3. The highest BCUT2D eigenvalue weighted by Gasteiger charge is 2.19. The fourth-order valence-corrected chi connectivity index (χ4v) is 7.66. The molecule has 0 N–H and O–H groups in total. The van der Waals surface area contributed by atoms with Gasteiger partial charge in [0.05, 0.1) is 0 Å². The molecule has 6 nitrogen and oxygen atoms in total. The van der Waals surface area contributed by atoms with Gasteiger partial charge in [0.15, 0.2) is 6.10 Å². The van der Waals surface area contributed by atoms with Crippen molar-refractivity contribution < 1.29 is 28.6 Å². The number of esters is 3. The van der Waals surface area contributed by atoms with Crippen LogP contribution in [0.3, 0.4) is 0 Å². The van der Waals surface area contributed by atoms with E-state index in [1.807, 2.05) is 0 Å². The molecule has 370 valence electrons. The monoisotopic (exact) mass is 895 g/mol. The number of hydrogen-bond donors (Lipinski definition) is 0. The summed E-state index contributed by atoms with van der Waals surface area (Å²) in [6, 6.07) is 0. The van der Waals surface area contributed by atoms with Crippen LogP contribution in [-0.4, -0.2) is 37.2 Å². The second kappa shape index (κ2) is 52.7. The van der Waals surface area contributed by atoms with Gasteiger partial charge in [0.2, 0.25) is 0 Å². The van der Waals surface area contributed by atoms with E-state index in [1.165, 1.54) is 135 Å². The first-order valence-electron chi connectivity index (χ1n) is 27.3. The van der Waals surface area contributed by atoms with Gasteiger partial charge >= 0.3 is 17.9 Å². The van der Waals surface area contributed by atoms with E-state index in [1.54, 1.807) is 0 Å². The third-order valence-corrected chi connectivity index (χ3v) is 11.8. The van der Waals surface area contributed by atoms with Gasteiger partial charge in [-0.3, -0.25) is 14.4 Å². The lowest BCUT2D eigenvalue weighted by atomic mass is 10.0. The molecule has 64 heavy (non-hydrogen) atoms. The molecule has 0 saturated carbocycles. The van der Waals surface area contributed by atoms with Crippen LogP contribution in [0.2, 0.25) is 0 Å². The molecular formula is C58H102O6. The summed E-state index contributed by atoms with van der Waals surface area (Å²) in [6.45, 7) is 6.45. The summed E-state index contributed by atoms with van der Waals surface area (Å²) in [7, 11) is 0. The highest BCUT2D eigenvalue weighted by Crippen LogP contribution is 2.16. The molecule has 0 saturated heterocycles. The summed E-state index contributed by atoms with van der Waals surface area (Å²) in [5.41, 5.74) is 0. The van der Waals surface area contributed by atoms with Gasteiger partial charge in [0, 0.05) is 19.3 Å². The first-order chi connectivity index (χ1) is 31.5. The van der Waals surface area contributed by atoms with Crippen molar-refractivity contribution in [2.24, 2.45) is 0 Å². The van der Waals surface area contributed by atoms with E-state index in [0.29, 0.717) is 19.3 Å². The number of hydrogen-bond acceptors (Lipinski definition) is 6. The van der Waals surface area contributed by atoms with Crippen LogP contribution in [0.1, 0.15) is 271 Å². The molecule has 0 rings (SSSR count). The van der Waals surface area contributed by atoms with Crippen molar-refractivity contribution in [3.8, 4) is 0 Å². The zero-order valence-electron chi connectivity index (χ0n) is 42.3. The van der Waals surface area contributed by atoms with Crippen molar-refractivity contribution in [2.45, 2.75) is 277 Å². The van der Waals surface area contributed by atoms with Crippen molar-refractivity contribution in [1.29, 1.82) is 0 Å². The van der Waals surface area contributed by atoms with Crippen molar-refractivity contribution >= 4 is 17.9 Å². The summed E-state index contributed by atoms with van der Waals surface area (Å²) in [5, 5.41) is 0. The molecule has 6 heteroatoms. The second-order valence-corrected chi connectivity index (χ2v) is 18.1. The average molecular weight is 895 g/mol. The quantitative estimate of drug-likeness (QED) is 0.0262. The van der Waals surface area contributed by atoms with Crippen LogP contribution in [0.5, 0.6) is 0 Å². The number of allylic oxidation sites excluding steroid dienone is 10. The number of ether oxygens (including phenoxy) is 3. The summed E-state index contributed by atoms with van der Waals surface area (Å²) in [6.07, 6.45) is 65.3. The molecule has 0 radical (unpaired) electrons. The predicted molar refractivity (Wildman–Crippen MR) is 275 cm³/mol. The summed E-state index contributed by atoms with van der Waals surface area (Å²) < 4.78 is 16.7. The fraction of sp³-hybridized carbons (Fsp3) is 0.776.